The Kier molecular flexibility index (Phi) is 4.19. The monoisotopic (exact) mass is 239 g/mol. The lowest BCUT2D eigenvalue weighted by molar-refractivity contribution is 0.0586. The van der Waals surface area contributed by atoms with Crippen LogP contribution in [0.1, 0.15) is 21.0 Å². The zero-order valence-corrected chi connectivity index (χ0v) is 9.21. The van der Waals surface area contributed by atoms with Crippen molar-refractivity contribution in [2.24, 2.45) is 0 Å². The van der Waals surface area contributed by atoms with Gasteiger partial charge in [-0.2, -0.15) is 0 Å². The molecular weight excluding hydrogens is 229 g/mol. The Bertz CT molecular complexity index is 413. The first kappa shape index (κ1) is 13.1. The summed E-state index contributed by atoms with van der Waals surface area (Å²) < 4.78 is 8.85. The van der Waals surface area contributed by atoms with E-state index in [1.807, 2.05) is 0 Å². The molecule has 0 aromatic carbocycles. The van der Waals surface area contributed by atoms with Crippen molar-refractivity contribution in [3.8, 4) is 0 Å². The minimum absolute atomic E-state index is 0.0548. The zero-order valence-electron chi connectivity index (χ0n) is 9.21. The number of carbonyl (C=O) groups is 2. The third kappa shape index (κ3) is 3.02. The van der Waals surface area contributed by atoms with E-state index in [2.05, 4.69) is 14.5 Å². The molecule has 0 amide bonds. The molecule has 0 saturated carbocycles. The highest BCUT2D eigenvalue weighted by molar-refractivity contribution is 6.58. The van der Waals surface area contributed by atoms with Crippen LogP contribution >= 0.6 is 0 Å². The third-order valence-electron chi connectivity index (χ3n) is 1.93. The lowest BCUT2D eigenvalue weighted by Gasteiger charge is -2.06. The van der Waals surface area contributed by atoms with E-state index < -0.39 is 19.1 Å². The normalized spacial score (nSPS) is 9.65. The van der Waals surface area contributed by atoms with Crippen molar-refractivity contribution in [2.75, 3.05) is 14.2 Å². The summed E-state index contributed by atoms with van der Waals surface area (Å²) in [5, 5.41) is 18.0. The van der Waals surface area contributed by atoms with Crippen LogP contribution in [0.3, 0.4) is 0 Å². The molecule has 2 N–H and O–H groups in total. The van der Waals surface area contributed by atoms with Gasteiger partial charge in [-0.15, -0.1) is 0 Å². The van der Waals surface area contributed by atoms with Crippen molar-refractivity contribution in [3.05, 3.63) is 23.5 Å². The Balaban J connectivity index is 3.28. The van der Waals surface area contributed by atoms with Gasteiger partial charge in [-0.3, -0.25) is 0 Å². The quantitative estimate of drug-likeness (QED) is 0.480. The van der Waals surface area contributed by atoms with Crippen molar-refractivity contribution in [3.63, 3.8) is 0 Å². The topological polar surface area (TPSA) is 106 Å². The van der Waals surface area contributed by atoms with Crippen molar-refractivity contribution < 1.29 is 29.1 Å². The molecule has 0 bridgehead atoms. The molecule has 1 aromatic rings. The fourth-order valence-corrected chi connectivity index (χ4v) is 1.12. The number of ether oxygens (including phenoxy) is 2. The van der Waals surface area contributed by atoms with Crippen LogP contribution in [-0.2, 0) is 9.47 Å². The fraction of sp³-hybridized carbons (Fsp3) is 0.222. The molecule has 0 fully saturated rings. The van der Waals surface area contributed by atoms with Gasteiger partial charge in [0.15, 0.2) is 0 Å². The molecule has 0 atom stereocenters. The van der Waals surface area contributed by atoms with Crippen molar-refractivity contribution in [2.45, 2.75) is 0 Å². The smallest absolute Gasteiger partial charge is 0.464 e. The number of rotatable bonds is 3. The summed E-state index contributed by atoms with van der Waals surface area (Å²) in [4.78, 5) is 26.2. The lowest BCUT2D eigenvalue weighted by atomic mass is 9.80. The van der Waals surface area contributed by atoms with Gasteiger partial charge in [-0.25, -0.2) is 14.6 Å². The molecule has 0 unspecified atom stereocenters. The molecule has 1 heterocycles. The van der Waals surface area contributed by atoms with Crippen LogP contribution in [0, 0.1) is 0 Å². The van der Waals surface area contributed by atoms with Gasteiger partial charge >= 0.3 is 19.1 Å². The predicted octanol–water partition coefficient (Wildman–Crippen LogP) is -1.67. The molecule has 0 spiro atoms. The molecule has 0 radical (unpaired) electrons. The van der Waals surface area contributed by atoms with Crippen molar-refractivity contribution in [1.82, 2.24) is 4.98 Å². The molecule has 90 valence electrons. The summed E-state index contributed by atoms with van der Waals surface area (Å²) in [6.07, 6.45) is 0. The van der Waals surface area contributed by atoms with E-state index >= 15 is 0 Å². The summed E-state index contributed by atoms with van der Waals surface area (Å²) in [5.74, 6) is -1.59. The van der Waals surface area contributed by atoms with E-state index in [1.54, 1.807) is 0 Å². The highest BCUT2D eigenvalue weighted by atomic mass is 16.5. The summed E-state index contributed by atoms with van der Waals surface area (Å²) in [6.45, 7) is 0. The minimum Gasteiger partial charge on any atom is -0.464 e. The average Bonchev–Trinajstić information content (AvgIpc) is 2.36. The number of hydrogen-bond acceptors (Lipinski definition) is 7. The van der Waals surface area contributed by atoms with Gasteiger partial charge in [0.1, 0.15) is 11.4 Å². The zero-order chi connectivity index (χ0) is 13.0. The van der Waals surface area contributed by atoms with E-state index in [4.69, 9.17) is 10.0 Å². The van der Waals surface area contributed by atoms with E-state index in [-0.39, 0.29) is 16.9 Å². The number of hydrogen-bond donors (Lipinski definition) is 2. The SMILES string of the molecule is COC(=O)c1cc(B(O)O)cc(C(=O)OC)n1. The number of esters is 2. The summed E-state index contributed by atoms with van der Waals surface area (Å²) in [6, 6.07) is 2.23. The Labute approximate surface area is 97.1 Å². The summed E-state index contributed by atoms with van der Waals surface area (Å²) >= 11 is 0. The Morgan fingerprint density at radius 3 is 1.82 bits per heavy atom. The molecule has 1 rings (SSSR count). The van der Waals surface area contributed by atoms with Crippen LogP contribution in [0.15, 0.2) is 12.1 Å². The first-order chi connectivity index (χ1) is 7.99. The third-order valence-corrected chi connectivity index (χ3v) is 1.93. The van der Waals surface area contributed by atoms with E-state index in [1.165, 1.54) is 0 Å². The number of aromatic nitrogens is 1. The molecule has 0 saturated heterocycles. The van der Waals surface area contributed by atoms with Gasteiger partial charge in [0.2, 0.25) is 0 Å². The van der Waals surface area contributed by atoms with Gasteiger partial charge in [0.25, 0.3) is 0 Å². The molecular formula is C9H10BNO6. The molecule has 0 aliphatic heterocycles. The van der Waals surface area contributed by atoms with Crippen molar-refractivity contribution >= 4 is 24.5 Å². The van der Waals surface area contributed by atoms with E-state index in [9.17, 15) is 9.59 Å². The van der Waals surface area contributed by atoms with E-state index in [0.717, 1.165) is 26.4 Å². The van der Waals surface area contributed by atoms with Crippen LogP contribution in [0.4, 0.5) is 0 Å². The van der Waals surface area contributed by atoms with Crippen molar-refractivity contribution in [1.29, 1.82) is 0 Å². The molecule has 1 aromatic heterocycles. The van der Waals surface area contributed by atoms with Gasteiger partial charge < -0.3 is 19.5 Å². The number of carbonyl (C=O) groups excluding carboxylic acids is 2. The first-order valence-electron chi connectivity index (χ1n) is 4.54. The maximum Gasteiger partial charge on any atom is 0.488 e. The van der Waals surface area contributed by atoms with Gasteiger partial charge in [-0.1, -0.05) is 0 Å². The van der Waals surface area contributed by atoms with E-state index in [0.29, 0.717) is 0 Å². The van der Waals surface area contributed by atoms with Gasteiger partial charge in [0, 0.05) is 0 Å². The lowest BCUT2D eigenvalue weighted by Crippen LogP contribution is -2.32. The van der Waals surface area contributed by atoms with Gasteiger partial charge in [0.05, 0.1) is 14.2 Å². The predicted molar refractivity (Wildman–Crippen MR) is 56.7 cm³/mol. The maximum atomic E-state index is 11.3. The standard InChI is InChI=1S/C9H10BNO6/c1-16-8(12)6-3-5(10(14)15)4-7(11-6)9(13)17-2/h3-4,14-15H,1-2H3. The van der Waals surface area contributed by atoms with Crippen LogP contribution < -0.4 is 5.46 Å². The number of nitrogens with zero attached hydrogens (tertiary/aromatic N) is 1. The van der Waals surface area contributed by atoms with Crippen LogP contribution in [0.2, 0.25) is 0 Å². The fourth-order valence-electron chi connectivity index (χ4n) is 1.12. The highest BCUT2D eigenvalue weighted by Crippen LogP contribution is 2.02. The molecule has 0 aliphatic carbocycles. The Morgan fingerprint density at radius 2 is 1.53 bits per heavy atom. The van der Waals surface area contributed by atoms with Gasteiger partial charge in [-0.05, 0) is 17.6 Å². The minimum atomic E-state index is -1.83. The molecule has 17 heavy (non-hydrogen) atoms. The number of pyridine rings is 1. The highest BCUT2D eigenvalue weighted by Gasteiger charge is 2.20. The molecule has 7 nitrogen and oxygen atoms in total. The van der Waals surface area contributed by atoms with Crippen LogP contribution in [0.25, 0.3) is 0 Å². The Hall–Kier alpha value is -1.93. The average molecular weight is 239 g/mol. The second-order valence-corrected chi connectivity index (χ2v) is 3.03. The summed E-state index contributed by atoms with van der Waals surface area (Å²) in [7, 11) is 0.457. The van der Waals surface area contributed by atoms with Crippen LogP contribution in [-0.4, -0.2) is 48.3 Å². The second kappa shape index (κ2) is 5.42. The molecule has 0 aliphatic rings. The number of methoxy groups -OCH3 is 2. The molecule has 8 heteroatoms. The van der Waals surface area contributed by atoms with Crippen LogP contribution in [0.5, 0.6) is 0 Å². The largest absolute Gasteiger partial charge is 0.488 e. The second-order valence-electron chi connectivity index (χ2n) is 3.03. The Morgan fingerprint density at radius 1 is 1.12 bits per heavy atom. The first-order valence-corrected chi connectivity index (χ1v) is 4.54. The summed E-state index contributed by atoms with van der Waals surface area (Å²) in [5.41, 5.74) is -0.474. The maximum absolute atomic E-state index is 11.3.